The van der Waals surface area contributed by atoms with Gasteiger partial charge in [-0.3, -0.25) is 4.79 Å². The zero-order valence-electron chi connectivity index (χ0n) is 11.9. The standard InChI is InChI=1S/C16H19N3OS/c1-2-8-18-15(20)14-13(17)11-9-10-6-4-3-5-7-12(10)19-16(11)21-14/h2,9H,1,3-8,17H2,(H,18,20). The summed E-state index contributed by atoms with van der Waals surface area (Å²) in [6, 6.07) is 2.14. The number of carbonyl (C=O) groups excluding carboxylic acids is 1. The van der Waals surface area contributed by atoms with Crippen LogP contribution in [0.25, 0.3) is 10.2 Å². The first kappa shape index (κ1) is 14.1. The number of nitrogen functional groups attached to an aromatic ring is 1. The molecule has 0 fully saturated rings. The van der Waals surface area contributed by atoms with Crippen molar-refractivity contribution in [3.05, 3.63) is 34.9 Å². The molecule has 1 aliphatic rings. The molecule has 0 atom stereocenters. The van der Waals surface area contributed by atoms with E-state index in [2.05, 4.69) is 18.0 Å². The van der Waals surface area contributed by atoms with E-state index in [1.165, 1.54) is 41.9 Å². The molecule has 3 N–H and O–H groups in total. The summed E-state index contributed by atoms with van der Waals surface area (Å²) in [4.78, 5) is 18.3. The van der Waals surface area contributed by atoms with Crippen molar-refractivity contribution in [2.45, 2.75) is 32.1 Å². The molecule has 0 spiro atoms. The second-order valence-corrected chi connectivity index (χ2v) is 6.35. The van der Waals surface area contributed by atoms with E-state index >= 15 is 0 Å². The number of nitrogens with two attached hydrogens (primary N) is 1. The van der Waals surface area contributed by atoms with Crippen LogP contribution in [0.4, 0.5) is 5.69 Å². The second-order valence-electron chi connectivity index (χ2n) is 5.35. The molecule has 0 aliphatic heterocycles. The fourth-order valence-electron chi connectivity index (χ4n) is 2.75. The zero-order valence-corrected chi connectivity index (χ0v) is 12.8. The summed E-state index contributed by atoms with van der Waals surface area (Å²) >= 11 is 1.38. The van der Waals surface area contributed by atoms with Gasteiger partial charge >= 0.3 is 0 Å². The summed E-state index contributed by atoms with van der Waals surface area (Å²) in [5.74, 6) is -0.148. The van der Waals surface area contributed by atoms with Crippen LogP contribution in [-0.2, 0) is 12.8 Å². The number of anilines is 1. The van der Waals surface area contributed by atoms with Gasteiger partial charge in [0.15, 0.2) is 0 Å². The van der Waals surface area contributed by atoms with Crippen molar-refractivity contribution in [3.8, 4) is 0 Å². The van der Waals surface area contributed by atoms with Crippen LogP contribution in [0.1, 0.15) is 40.2 Å². The second kappa shape index (κ2) is 5.85. The Kier molecular flexibility index (Phi) is 3.92. The fraction of sp³-hybridized carbons (Fsp3) is 0.375. The number of hydrogen-bond donors (Lipinski definition) is 2. The van der Waals surface area contributed by atoms with Crippen LogP contribution in [0.15, 0.2) is 18.7 Å². The van der Waals surface area contributed by atoms with Crippen molar-refractivity contribution in [1.82, 2.24) is 10.3 Å². The van der Waals surface area contributed by atoms with Crippen LogP contribution < -0.4 is 11.1 Å². The quantitative estimate of drug-likeness (QED) is 0.676. The van der Waals surface area contributed by atoms with Crippen LogP contribution in [0.5, 0.6) is 0 Å². The molecule has 0 aromatic carbocycles. The fourth-order valence-corrected chi connectivity index (χ4v) is 3.76. The van der Waals surface area contributed by atoms with Crippen LogP contribution in [0.3, 0.4) is 0 Å². The number of thiophene rings is 1. The lowest BCUT2D eigenvalue weighted by Gasteiger charge is -2.04. The SMILES string of the molecule is C=CCNC(=O)c1sc2nc3c(cc2c1N)CCCCC3. The van der Waals surface area contributed by atoms with Crippen LogP contribution >= 0.6 is 11.3 Å². The predicted molar refractivity (Wildman–Crippen MR) is 87.8 cm³/mol. The first-order valence-electron chi connectivity index (χ1n) is 7.30. The maximum atomic E-state index is 12.1. The first-order valence-corrected chi connectivity index (χ1v) is 8.12. The highest BCUT2D eigenvalue weighted by Crippen LogP contribution is 2.35. The number of fused-ring (bicyclic) bond motifs is 2. The van der Waals surface area contributed by atoms with Gasteiger partial charge in [-0.25, -0.2) is 4.98 Å². The van der Waals surface area contributed by atoms with E-state index in [1.54, 1.807) is 6.08 Å². The Morgan fingerprint density at radius 1 is 1.43 bits per heavy atom. The summed E-state index contributed by atoms with van der Waals surface area (Å²) < 4.78 is 0. The molecule has 2 aromatic heterocycles. The van der Waals surface area contributed by atoms with E-state index in [-0.39, 0.29) is 5.91 Å². The van der Waals surface area contributed by atoms with Gasteiger partial charge in [-0.05, 0) is 37.3 Å². The minimum Gasteiger partial charge on any atom is -0.397 e. The molecule has 0 unspecified atom stereocenters. The van der Waals surface area contributed by atoms with Gasteiger partial charge in [-0.15, -0.1) is 17.9 Å². The largest absolute Gasteiger partial charge is 0.397 e. The molecular weight excluding hydrogens is 282 g/mol. The van der Waals surface area contributed by atoms with Gasteiger partial charge in [0.05, 0.1) is 5.69 Å². The predicted octanol–water partition coefficient (Wildman–Crippen LogP) is 3.06. The lowest BCUT2D eigenvalue weighted by Crippen LogP contribution is -2.22. The third kappa shape index (κ3) is 2.65. The molecule has 5 heteroatoms. The molecule has 1 amide bonds. The first-order chi connectivity index (χ1) is 10.2. The molecule has 110 valence electrons. The van der Waals surface area contributed by atoms with Crippen molar-refractivity contribution in [1.29, 1.82) is 0 Å². The number of pyridine rings is 1. The Balaban J connectivity index is 2.03. The van der Waals surface area contributed by atoms with Crippen molar-refractivity contribution >= 4 is 33.1 Å². The number of rotatable bonds is 3. The summed E-state index contributed by atoms with van der Waals surface area (Å²) in [7, 11) is 0. The molecule has 0 saturated carbocycles. The van der Waals surface area contributed by atoms with E-state index in [0.29, 0.717) is 17.1 Å². The Bertz CT molecular complexity index is 705. The number of nitrogens with zero attached hydrogens (tertiary/aromatic N) is 1. The smallest absolute Gasteiger partial charge is 0.263 e. The monoisotopic (exact) mass is 301 g/mol. The van der Waals surface area contributed by atoms with Gasteiger partial charge in [0.25, 0.3) is 5.91 Å². The molecule has 21 heavy (non-hydrogen) atoms. The Morgan fingerprint density at radius 3 is 3.05 bits per heavy atom. The average molecular weight is 301 g/mol. The van der Waals surface area contributed by atoms with Gasteiger partial charge in [-0.1, -0.05) is 12.5 Å². The van der Waals surface area contributed by atoms with Crippen LogP contribution in [0, 0.1) is 0 Å². The third-order valence-corrected chi connectivity index (χ3v) is 4.98. The maximum Gasteiger partial charge on any atom is 0.263 e. The topological polar surface area (TPSA) is 68.0 Å². The molecule has 2 aromatic rings. The molecule has 4 nitrogen and oxygen atoms in total. The van der Waals surface area contributed by atoms with Gasteiger partial charge in [-0.2, -0.15) is 0 Å². The number of carbonyl (C=O) groups is 1. The van der Waals surface area contributed by atoms with Gasteiger partial charge in [0, 0.05) is 17.6 Å². The highest BCUT2D eigenvalue weighted by molar-refractivity contribution is 7.21. The normalized spacial score (nSPS) is 14.5. The number of aryl methyl sites for hydroxylation is 2. The zero-order chi connectivity index (χ0) is 14.8. The Morgan fingerprint density at radius 2 is 2.24 bits per heavy atom. The van der Waals surface area contributed by atoms with Gasteiger partial charge in [0.1, 0.15) is 9.71 Å². The van der Waals surface area contributed by atoms with Crippen LogP contribution in [-0.4, -0.2) is 17.4 Å². The summed E-state index contributed by atoms with van der Waals surface area (Å²) in [5.41, 5.74) is 9.19. The molecule has 3 rings (SSSR count). The molecule has 2 heterocycles. The Labute approximate surface area is 128 Å². The summed E-state index contributed by atoms with van der Waals surface area (Å²) in [6.07, 6.45) is 7.40. The number of hydrogen-bond acceptors (Lipinski definition) is 4. The molecule has 0 radical (unpaired) electrons. The van der Waals surface area contributed by atoms with Crippen molar-refractivity contribution in [2.24, 2.45) is 0 Å². The van der Waals surface area contributed by atoms with Crippen molar-refractivity contribution < 1.29 is 4.79 Å². The third-order valence-electron chi connectivity index (χ3n) is 3.86. The van der Waals surface area contributed by atoms with Gasteiger partial charge in [0.2, 0.25) is 0 Å². The molecule has 0 saturated heterocycles. The van der Waals surface area contributed by atoms with Crippen molar-refractivity contribution in [2.75, 3.05) is 12.3 Å². The highest BCUT2D eigenvalue weighted by Gasteiger charge is 2.19. The van der Waals surface area contributed by atoms with E-state index in [4.69, 9.17) is 10.7 Å². The van der Waals surface area contributed by atoms with Crippen LogP contribution in [0.2, 0.25) is 0 Å². The minimum absolute atomic E-state index is 0.148. The van der Waals surface area contributed by atoms with E-state index < -0.39 is 0 Å². The minimum atomic E-state index is -0.148. The maximum absolute atomic E-state index is 12.1. The number of amides is 1. The van der Waals surface area contributed by atoms with Crippen molar-refractivity contribution in [3.63, 3.8) is 0 Å². The highest BCUT2D eigenvalue weighted by atomic mass is 32.1. The van der Waals surface area contributed by atoms with E-state index in [9.17, 15) is 4.79 Å². The summed E-state index contributed by atoms with van der Waals surface area (Å²) in [5, 5.41) is 3.70. The molecule has 0 bridgehead atoms. The lowest BCUT2D eigenvalue weighted by atomic mass is 10.1. The Hall–Kier alpha value is -1.88. The number of aromatic nitrogens is 1. The molecule has 1 aliphatic carbocycles. The average Bonchev–Trinajstić information content (AvgIpc) is 2.67. The summed E-state index contributed by atoms with van der Waals surface area (Å²) in [6.45, 7) is 4.04. The lowest BCUT2D eigenvalue weighted by molar-refractivity contribution is 0.0963. The number of nitrogens with one attached hydrogen (secondary N) is 1. The van der Waals surface area contributed by atoms with Gasteiger partial charge < -0.3 is 11.1 Å². The van der Waals surface area contributed by atoms with E-state index in [1.807, 2.05) is 0 Å². The molecular formula is C16H19N3OS. The van der Waals surface area contributed by atoms with E-state index in [0.717, 1.165) is 23.1 Å².